The third-order valence-corrected chi connectivity index (χ3v) is 7.40. The van der Waals surface area contributed by atoms with Gasteiger partial charge >= 0.3 is 37.1 Å². The van der Waals surface area contributed by atoms with Crippen LogP contribution in [-0.2, 0) is 32.9 Å². The molecule has 0 amide bonds. The molecule has 0 radical (unpaired) electrons. The molecule has 18 heteroatoms. The minimum atomic E-state index is -4.64. The van der Waals surface area contributed by atoms with Crippen molar-refractivity contribution in [2.45, 2.75) is 57.0 Å². The number of alkyl halides is 2. The number of nitrogens with one attached hydrogen (secondary N) is 1. The van der Waals surface area contributed by atoms with E-state index in [1.54, 1.807) is 32.0 Å². The Kier molecular flexibility index (Phi) is 10.6. The van der Waals surface area contributed by atoms with Crippen molar-refractivity contribution >= 4 is 25.5 Å². The molecule has 15 nitrogen and oxygen atoms in total. The largest absolute Gasteiger partial charge is 0.462 e. The molecule has 2 heterocycles. The first-order chi connectivity index (χ1) is 20.0. The molecule has 0 spiro atoms. The van der Waals surface area contributed by atoms with Gasteiger partial charge in [-0.25, -0.2) is 9.36 Å². The zero-order valence-corrected chi connectivity index (χ0v) is 24.9. The van der Waals surface area contributed by atoms with Crippen LogP contribution in [0.4, 0.5) is 14.6 Å². The molecule has 1 saturated heterocycles. The monoisotopic (exact) mass is 633 g/mol. The van der Waals surface area contributed by atoms with Gasteiger partial charge in [-0.1, -0.05) is 18.2 Å². The zero-order valence-electron chi connectivity index (χ0n) is 24.0. The fourth-order valence-corrected chi connectivity index (χ4v) is 5.31. The van der Waals surface area contributed by atoms with Crippen LogP contribution in [0.2, 0.25) is 0 Å². The van der Waals surface area contributed by atoms with Crippen molar-refractivity contribution in [2.24, 2.45) is 0 Å². The maximum absolute atomic E-state index is 15.9. The second-order valence-corrected chi connectivity index (χ2v) is 11.8. The van der Waals surface area contributed by atoms with Gasteiger partial charge in [-0.2, -0.15) is 18.9 Å². The molecule has 238 valence electrons. The molecule has 1 fully saturated rings. The smallest absolute Gasteiger partial charge is 0.459 e. The second-order valence-electron chi connectivity index (χ2n) is 10.1. The molecule has 0 bridgehead atoms. The van der Waals surface area contributed by atoms with E-state index < -0.39 is 74.7 Å². The topological polar surface area (TPSA) is 194 Å². The standard InChI is InChI=1S/C25H34F2N5O10P/c1-15(2)39-21(34)16(3)30-43(37,42-17-9-7-6-8-10-17)38-14-18-25(36,41-20(33)13-31(4)5)24(26,27)22(40-18)32-12-11-19(28)29-23(32)35/h6-12,15-16,18,22,36H,13-14H2,1-5H3,(H,30,37)(H2,28,29,35)/t16-,18+,22+,25-,43?/m0/s1. The summed E-state index contributed by atoms with van der Waals surface area (Å²) in [5.74, 6) is -10.6. The zero-order chi connectivity index (χ0) is 32.2. The summed E-state index contributed by atoms with van der Waals surface area (Å²) < 4.78 is 72.0. The van der Waals surface area contributed by atoms with Crippen LogP contribution in [0.3, 0.4) is 0 Å². The molecule has 4 N–H and O–H groups in total. The summed E-state index contributed by atoms with van der Waals surface area (Å²) in [7, 11) is -1.74. The molecule has 1 unspecified atom stereocenters. The minimum absolute atomic E-state index is 0.00507. The van der Waals surface area contributed by atoms with Crippen LogP contribution in [0.15, 0.2) is 47.4 Å². The maximum Gasteiger partial charge on any atom is 0.459 e. The fourth-order valence-electron chi connectivity index (χ4n) is 3.82. The van der Waals surface area contributed by atoms with Gasteiger partial charge in [0.2, 0.25) is 6.23 Å². The number of rotatable bonds is 13. The van der Waals surface area contributed by atoms with Gasteiger partial charge in [-0.05, 0) is 53.1 Å². The molecule has 3 rings (SSSR count). The van der Waals surface area contributed by atoms with Gasteiger partial charge in [-0.3, -0.25) is 23.6 Å². The Labute approximate surface area is 245 Å². The molecule has 0 aliphatic carbocycles. The molecule has 5 atom stereocenters. The highest BCUT2D eigenvalue weighted by Gasteiger charge is 2.73. The van der Waals surface area contributed by atoms with Gasteiger partial charge in [0.25, 0.3) is 0 Å². The van der Waals surface area contributed by atoms with E-state index in [1.807, 2.05) is 0 Å². The van der Waals surface area contributed by atoms with E-state index in [0.717, 1.165) is 12.3 Å². The van der Waals surface area contributed by atoms with Crippen molar-refractivity contribution in [1.29, 1.82) is 0 Å². The van der Waals surface area contributed by atoms with E-state index in [1.165, 1.54) is 38.1 Å². The van der Waals surface area contributed by atoms with Gasteiger partial charge < -0.3 is 29.6 Å². The van der Waals surface area contributed by atoms with Crippen LogP contribution in [0, 0.1) is 0 Å². The Morgan fingerprint density at radius 1 is 1.23 bits per heavy atom. The highest BCUT2D eigenvalue weighted by molar-refractivity contribution is 7.52. The molecular formula is C25H34F2N5O10P. The number of para-hydroxylation sites is 1. The number of aliphatic hydroxyl groups is 1. The van der Waals surface area contributed by atoms with Gasteiger partial charge in [0, 0.05) is 6.20 Å². The Morgan fingerprint density at radius 3 is 2.47 bits per heavy atom. The number of carbonyl (C=O) groups is 2. The third kappa shape index (κ3) is 8.13. The van der Waals surface area contributed by atoms with Crippen molar-refractivity contribution < 1.29 is 51.3 Å². The summed E-state index contributed by atoms with van der Waals surface area (Å²) >= 11 is 0. The average molecular weight is 634 g/mol. The van der Waals surface area contributed by atoms with Gasteiger partial charge in [-0.15, -0.1) is 0 Å². The Bertz CT molecular complexity index is 1400. The fraction of sp³-hybridized carbons (Fsp3) is 0.520. The number of benzene rings is 1. The summed E-state index contributed by atoms with van der Waals surface area (Å²) in [5.41, 5.74) is 4.19. The van der Waals surface area contributed by atoms with Crippen LogP contribution < -0.4 is 21.0 Å². The highest BCUT2D eigenvalue weighted by atomic mass is 31.2. The number of esters is 2. The van der Waals surface area contributed by atoms with Gasteiger partial charge in [0.05, 0.1) is 19.3 Å². The number of hydrogen-bond donors (Lipinski definition) is 3. The number of aromatic nitrogens is 2. The number of nitrogen functional groups attached to an aromatic ring is 1. The quantitative estimate of drug-likeness (QED) is 0.162. The number of nitrogens with two attached hydrogens (primary N) is 1. The van der Waals surface area contributed by atoms with E-state index in [9.17, 15) is 24.1 Å². The number of nitrogens with zero attached hydrogens (tertiary/aromatic N) is 3. The Balaban J connectivity index is 1.97. The highest BCUT2D eigenvalue weighted by Crippen LogP contribution is 2.52. The molecule has 1 aliphatic heterocycles. The molecule has 1 aromatic carbocycles. The lowest BCUT2D eigenvalue weighted by Crippen LogP contribution is -2.58. The molecule has 43 heavy (non-hydrogen) atoms. The van der Waals surface area contributed by atoms with E-state index in [4.69, 9.17) is 29.0 Å². The first-order valence-electron chi connectivity index (χ1n) is 12.9. The number of likely N-dealkylation sites (N-methyl/N-ethyl adjacent to an activating group) is 1. The second kappa shape index (κ2) is 13.4. The number of ether oxygens (including phenoxy) is 3. The van der Waals surface area contributed by atoms with Gasteiger partial charge in [0.1, 0.15) is 17.6 Å². The van der Waals surface area contributed by atoms with Crippen LogP contribution in [0.25, 0.3) is 0 Å². The molecule has 0 saturated carbocycles. The van der Waals surface area contributed by atoms with Crippen LogP contribution >= 0.6 is 7.75 Å². The summed E-state index contributed by atoms with van der Waals surface area (Å²) in [5, 5.41) is 13.6. The van der Waals surface area contributed by atoms with E-state index >= 15 is 8.78 Å². The molecule has 1 aromatic heterocycles. The van der Waals surface area contributed by atoms with Crippen molar-refractivity contribution in [3.05, 3.63) is 53.1 Å². The van der Waals surface area contributed by atoms with Crippen molar-refractivity contribution in [3.8, 4) is 5.75 Å². The lowest BCUT2D eigenvalue weighted by molar-refractivity contribution is -0.302. The van der Waals surface area contributed by atoms with Crippen LogP contribution in [-0.4, -0.2) is 88.7 Å². The van der Waals surface area contributed by atoms with Crippen molar-refractivity contribution in [3.63, 3.8) is 0 Å². The normalized spacial score (nSPS) is 23.5. The number of halogens is 2. The maximum atomic E-state index is 15.9. The summed E-state index contributed by atoms with van der Waals surface area (Å²) in [6.45, 7) is 2.81. The van der Waals surface area contributed by atoms with Crippen LogP contribution in [0.1, 0.15) is 27.0 Å². The summed E-state index contributed by atoms with van der Waals surface area (Å²) in [6.07, 6.45) is -4.49. The number of carbonyl (C=O) groups excluding carboxylic acids is 2. The van der Waals surface area contributed by atoms with Gasteiger partial charge in [0.15, 0.2) is 6.10 Å². The predicted molar refractivity (Wildman–Crippen MR) is 146 cm³/mol. The minimum Gasteiger partial charge on any atom is -0.462 e. The Hall–Kier alpha value is -3.47. The van der Waals surface area contributed by atoms with E-state index in [0.29, 0.717) is 4.57 Å². The number of hydrogen-bond acceptors (Lipinski definition) is 13. The molecule has 2 aromatic rings. The lowest BCUT2D eigenvalue weighted by atomic mass is 10.0. The average Bonchev–Trinajstić information content (AvgIpc) is 3.07. The van der Waals surface area contributed by atoms with Crippen molar-refractivity contribution in [1.82, 2.24) is 19.5 Å². The third-order valence-electron chi connectivity index (χ3n) is 5.76. The van der Waals surface area contributed by atoms with E-state index in [-0.39, 0.29) is 11.6 Å². The summed E-state index contributed by atoms with van der Waals surface area (Å²) in [6, 6.07) is 7.29. The van der Waals surface area contributed by atoms with Crippen LogP contribution in [0.5, 0.6) is 5.75 Å². The Morgan fingerprint density at radius 2 is 1.88 bits per heavy atom. The molecule has 1 aliphatic rings. The van der Waals surface area contributed by atoms with E-state index in [2.05, 4.69) is 10.1 Å². The SMILES string of the molecule is CC(C)OC(=O)[C@H](C)NP(=O)(OC[C@H]1O[C@@H](n2ccc(N)nc2=O)C(F)(F)[C@@]1(O)OC(=O)CN(C)C)Oc1ccccc1. The predicted octanol–water partition coefficient (Wildman–Crippen LogP) is 1.28. The summed E-state index contributed by atoms with van der Waals surface area (Å²) in [4.78, 5) is 41.9. The first kappa shape index (κ1) is 34.0. The number of anilines is 1. The van der Waals surface area contributed by atoms with Crippen molar-refractivity contribution in [2.75, 3.05) is 33.0 Å². The molecular weight excluding hydrogens is 599 g/mol. The lowest BCUT2D eigenvalue weighted by Gasteiger charge is -2.33. The first-order valence-corrected chi connectivity index (χ1v) is 14.5.